The maximum absolute atomic E-state index is 13.6. The first-order valence-corrected chi connectivity index (χ1v) is 11.6. The van der Waals surface area contributed by atoms with Crippen LogP contribution in [-0.4, -0.2) is 31.5 Å². The standard InChI is InChI=1S/C24H27N5O2S/c1-5-12-32-24-27-23-25-16(4)20(22(31)26-19-11-6-8-14(2)15(19)3)21(29(23)28-24)17-9-7-10-18(30)13-17/h6-11,13,21,30H,5,12H2,1-4H3,(H,26,31)(H,25,27,28). The summed E-state index contributed by atoms with van der Waals surface area (Å²) in [6, 6.07) is 12.3. The molecule has 32 heavy (non-hydrogen) atoms. The Morgan fingerprint density at radius 3 is 2.75 bits per heavy atom. The molecule has 0 aliphatic carbocycles. The summed E-state index contributed by atoms with van der Waals surface area (Å²) in [4.78, 5) is 18.2. The fourth-order valence-corrected chi connectivity index (χ4v) is 4.44. The van der Waals surface area contributed by atoms with Crippen molar-refractivity contribution in [1.29, 1.82) is 0 Å². The zero-order valence-electron chi connectivity index (χ0n) is 18.6. The highest BCUT2D eigenvalue weighted by Crippen LogP contribution is 2.37. The van der Waals surface area contributed by atoms with Crippen LogP contribution in [-0.2, 0) is 4.79 Å². The summed E-state index contributed by atoms with van der Waals surface area (Å²) >= 11 is 1.58. The van der Waals surface area contributed by atoms with Crippen LogP contribution in [0.3, 0.4) is 0 Å². The van der Waals surface area contributed by atoms with Gasteiger partial charge in [-0.1, -0.05) is 43.0 Å². The van der Waals surface area contributed by atoms with Crippen LogP contribution in [0.4, 0.5) is 11.6 Å². The van der Waals surface area contributed by atoms with Gasteiger partial charge in [-0.25, -0.2) is 4.68 Å². The molecular formula is C24H27N5O2S. The molecular weight excluding hydrogens is 422 g/mol. The number of carbonyl (C=O) groups is 1. The first kappa shape index (κ1) is 22.0. The van der Waals surface area contributed by atoms with E-state index in [4.69, 9.17) is 5.10 Å². The molecule has 1 amide bonds. The van der Waals surface area contributed by atoms with E-state index in [0.29, 0.717) is 22.4 Å². The van der Waals surface area contributed by atoms with E-state index in [1.54, 1.807) is 34.6 Å². The Hall–Kier alpha value is -3.26. The first-order valence-electron chi connectivity index (χ1n) is 10.6. The number of phenols is 1. The Morgan fingerprint density at radius 2 is 2.00 bits per heavy atom. The molecule has 0 saturated carbocycles. The van der Waals surface area contributed by atoms with Crippen molar-refractivity contribution in [2.75, 3.05) is 16.4 Å². The van der Waals surface area contributed by atoms with Gasteiger partial charge in [0.05, 0.1) is 5.57 Å². The first-order chi connectivity index (χ1) is 15.4. The van der Waals surface area contributed by atoms with E-state index in [9.17, 15) is 9.90 Å². The molecule has 0 fully saturated rings. The van der Waals surface area contributed by atoms with E-state index >= 15 is 0 Å². The predicted molar refractivity (Wildman–Crippen MR) is 128 cm³/mol. The van der Waals surface area contributed by atoms with Crippen LogP contribution in [0.15, 0.2) is 58.9 Å². The smallest absolute Gasteiger partial charge is 0.255 e. The van der Waals surface area contributed by atoms with Gasteiger partial charge in [0, 0.05) is 17.1 Å². The molecule has 3 aromatic rings. The van der Waals surface area contributed by atoms with E-state index in [0.717, 1.165) is 34.6 Å². The molecule has 1 aliphatic rings. The average molecular weight is 450 g/mol. The number of aromatic hydroxyl groups is 1. The number of aromatic nitrogens is 3. The Kier molecular flexibility index (Phi) is 6.23. The number of allylic oxidation sites excluding steroid dienone is 1. The fourth-order valence-electron chi connectivity index (χ4n) is 3.76. The summed E-state index contributed by atoms with van der Waals surface area (Å²) < 4.78 is 1.73. The van der Waals surface area contributed by atoms with E-state index in [1.807, 2.05) is 45.0 Å². The van der Waals surface area contributed by atoms with Crippen LogP contribution < -0.4 is 10.6 Å². The zero-order valence-corrected chi connectivity index (χ0v) is 19.5. The Balaban J connectivity index is 1.77. The van der Waals surface area contributed by atoms with Crippen LogP contribution in [0, 0.1) is 13.8 Å². The lowest BCUT2D eigenvalue weighted by atomic mass is 9.94. The monoisotopic (exact) mass is 449 g/mol. The highest BCUT2D eigenvalue weighted by Gasteiger charge is 2.34. The third-order valence-electron chi connectivity index (χ3n) is 5.55. The van der Waals surface area contributed by atoms with Gasteiger partial charge in [-0.15, -0.1) is 5.10 Å². The Bertz CT molecular complexity index is 1200. The maximum Gasteiger partial charge on any atom is 0.255 e. The number of nitrogens with one attached hydrogen (secondary N) is 2. The van der Waals surface area contributed by atoms with Crippen LogP contribution in [0.2, 0.25) is 0 Å². The molecule has 0 spiro atoms. The van der Waals surface area contributed by atoms with Gasteiger partial charge >= 0.3 is 0 Å². The van der Waals surface area contributed by atoms with Gasteiger partial charge in [-0.3, -0.25) is 4.79 Å². The number of fused-ring (bicyclic) bond motifs is 1. The lowest BCUT2D eigenvalue weighted by Gasteiger charge is -2.29. The van der Waals surface area contributed by atoms with Crippen molar-refractivity contribution in [3.8, 4) is 5.75 Å². The number of rotatable bonds is 6. The third-order valence-corrected chi connectivity index (χ3v) is 6.60. The van der Waals surface area contributed by atoms with E-state index < -0.39 is 6.04 Å². The second-order valence-corrected chi connectivity index (χ2v) is 8.94. The highest BCUT2D eigenvalue weighted by molar-refractivity contribution is 7.99. The van der Waals surface area contributed by atoms with Gasteiger partial charge in [0.2, 0.25) is 11.1 Å². The number of anilines is 2. The van der Waals surface area contributed by atoms with Crippen LogP contribution in [0.25, 0.3) is 0 Å². The van der Waals surface area contributed by atoms with Gasteiger partial charge in [0.25, 0.3) is 5.91 Å². The third kappa shape index (κ3) is 4.23. The molecule has 2 heterocycles. The number of amides is 1. The quantitative estimate of drug-likeness (QED) is 0.457. The maximum atomic E-state index is 13.6. The number of aryl methyl sites for hydroxylation is 1. The number of carbonyl (C=O) groups excluding carboxylic acids is 1. The molecule has 1 unspecified atom stereocenters. The Morgan fingerprint density at radius 1 is 1.22 bits per heavy atom. The molecule has 3 N–H and O–H groups in total. The van der Waals surface area contributed by atoms with Crippen molar-refractivity contribution in [2.45, 2.75) is 45.3 Å². The van der Waals surface area contributed by atoms with Crippen molar-refractivity contribution in [3.63, 3.8) is 0 Å². The highest BCUT2D eigenvalue weighted by atomic mass is 32.2. The summed E-state index contributed by atoms with van der Waals surface area (Å²) in [6.45, 7) is 7.98. The summed E-state index contributed by atoms with van der Waals surface area (Å²) in [5, 5.41) is 21.8. The fraction of sp³-hybridized carbons (Fsp3) is 0.292. The zero-order chi connectivity index (χ0) is 22.8. The number of hydrogen-bond donors (Lipinski definition) is 3. The van der Waals surface area contributed by atoms with Crippen LogP contribution in [0.5, 0.6) is 5.75 Å². The lowest BCUT2D eigenvalue weighted by molar-refractivity contribution is -0.113. The van der Waals surface area contributed by atoms with Crippen molar-refractivity contribution < 1.29 is 9.90 Å². The summed E-state index contributed by atoms with van der Waals surface area (Å²) in [5.41, 5.74) is 4.89. The van der Waals surface area contributed by atoms with Crippen molar-refractivity contribution in [1.82, 2.24) is 14.8 Å². The molecule has 0 saturated heterocycles. The Labute approximate surface area is 192 Å². The SMILES string of the molecule is CCCSc1nc2n(n1)C(c1cccc(O)c1)C(C(=O)Nc1cccc(C)c1C)=C(C)N2. The number of hydrogen-bond acceptors (Lipinski definition) is 6. The second kappa shape index (κ2) is 9.08. The molecule has 0 radical (unpaired) electrons. The van der Waals surface area contributed by atoms with E-state index in [2.05, 4.69) is 22.5 Å². The molecule has 1 aromatic heterocycles. The van der Waals surface area contributed by atoms with Gasteiger partial charge in [-0.2, -0.15) is 4.98 Å². The van der Waals surface area contributed by atoms with Gasteiger partial charge in [-0.05, 0) is 62.1 Å². The van der Waals surface area contributed by atoms with Crippen molar-refractivity contribution >= 4 is 29.3 Å². The largest absolute Gasteiger partial charge is 0.508 e. The molecule has 166 valence electrons. The van der Waals surface area contributed by atoms with Crippen molar-refractivity contribution in [3.05, 3.63) is 70.4 Å². The second-order valence-electron chi connectivity index (χ2n) is 7.87. The number of phenolic OH excluding ortho intramolecular Hbond substituents is 1. The van der Waals surface area contributed by atoms with Crippen molar-refractivity contribution in [2.24, 2.45) is 0 Å². The molecule has 1 atom stereocenters. The predicted octanol–water partition coefficient (Wildman–Crippen LogP) is 5.03. The van der Waals surface area contributed by atoms with E-state index in [1.165, 1.54) is 0 Å². The summed E-state index contributed by atoms with van der Waals surface area (Å²) in [6.07, 6.45) is 1.01. The molecule has 7 nitrogen and oxygen atoms in total. The number of benzene rings is 2. The van der Waals surface area contributed by atoms with Crippen LogP contribution >= 0.6 is 11.8 Å². The molecule has 1 aliphatic heterocycles. The minimum Gasteiger partial charge on any atom is -0.508 e. The molecule has 0 bridgehead atoms. The normalized spacial score (nSPS) is 15.3. The molecule has 8 heteroatoms. The van der Waals surface area contributed by atoms with Crippen LogP contribution in [0.1, 0.15) is 43.0 Å². The lowest BCUT2D eigenvalue weighted by Crippen LogP contribution is -2.31. The topological polar surface area (TPSA) is 92.1 Å². The number of nitrogens with zero attached hydrogens (tertiary/aromatic N) is 3. The minimum absolute atomic E-state index is 0.134. The van der Waals surface area contributed by atoms with E-state index in [-0.39, 0.29) is 11.7 Å². The molecule has 2 aromatic carbocycles. The average Bonchev–Trinajstić information content (AvgIpc) is 3.16. The van der Waals surface area contributed by atoms with Gasteiger partial charge < -0.3 is 15.7 Å². The van der Waals surface area contributed by atoms with Gasteiger partial charge in [0.15, 0.2) is 0 Å². The number of thioether (sulfide) groups is 1. The van der Waals surface area contributed by atoms with Gasteiger partial charge in [0.1, 0.15) is 11.8 Å². The summed E-state index contributed by atoms with van der Waals surface area (Å²) in [7, 11) is 0. The molecule has 4 rings (SSSR count). The summed E-state index contributed by atoms with van der Waals surface area (Å²) in [5.74, 6) is 1.40. The minimum atomic E-state index is -0.521.